The number of aromatic nitrogens is 5. The highest BCUT2D eigenvalue weighted by Gasteiger charge is 2.26. The molecule has 3 heterocycles. The van der Waals surface area contributed by atoms with Crippen molar-refractivity contribution >= 4 is 11.6 Å². The van der Waals surface area contributed by atoms with Gasteiger partial charge in [0.2, 0.25) is 0 Å². The lowest BCUT2D eigenvalue weighted by atomic mass is 10.1. The summed E-state index contributed by atoms with van der Waals surface area (Å²) in [6.45, 7) is 0. The summed E-state index contributed by atoms with van der Waals surface area (Å²) < 4.78 is 3.50. The van der Waals surface area contributed by atoms with Crippen molar-refractivity contribution in [3.8, 4) is 22.3 Å². The van der Waals surface area contributed by atoms with Crippen LogP contribution >= 0.6 is 0 Å². The Morgan fingerprint density at radius 3 is 2.53 bits per heavy atom. The summed E-state index contributed by atoms with van der Waals surface area (Å²) >= 11 is 0. The first-order valence-electron chi connectivity index (χ1n) is 10.0. The van der Waals surface area contributed by atoms with Crippen molar-refractivity contribution in [2.75, 3.05) is 0 Å². The third-order valence-electron chi connectivity index (χ3n) is 5.65. The fraction of sp³-hybridized carbons (Fsp3) is 0.273. The van der Waals surface area contributed by atoms with Gasteiger partial charge >= 0.3 is 0 Å². The fourth-order valence-corrected chi connectivity index (χ4v) is 3.96. The molecule has 1 aliphatic carbocycles. The number of hydrogen-bond acceptors (Lipinski definition) is 5. The molecule has 2 unspecified atom stereocenters. The number of hydrogen-bond donors (Lipinski definition) is 2. The van der Waals surface area contributed by atoms with E-state index >= 15 is 0 Å². The van der Waals surface area contributed by atoms with Crippen molar-refractivity contribution in [2.45, 2.75) is 31.4 Å². The van der Waals surface area contributed by atoms with Crippen LogP contribution in [0.25, 0.3) is 27.9 Å². The van der Waals surface area contributed by atoms with E-state index in [0.717, 1.165) is 47.2 Å². The van der Waals surface area contributed by atoms with E-state index in [9.17, 15) is 9.90 Å². The maximum Gasteiger partial charge on any atom is 0.251 e. The van der Waals surface area contributed by atoms with E-state index in [1.165, 1.54) is 0 Å². The number of aliphatic hydroxyl groups excluding tert-OH is 1. The van der Waals surface area contributed by atoms with Crippen LogP contribution in [0, 0.1) is 0 Å². The smallest absolute Gasteiger partial charge is 0.251 e. The molecule has 4 aromatic rings. The Labute approximate surface area is 173 Å². The zero-order valence-corrected chi connectivity index (χ0v) is 16.6. The van der Waals surface area contributed by atoms with Crippen LogP contribution in [0.5, 0.6) is 0 Å². The van der Waals surface area contributed by atoms with Crippen molar-refractivity contribution in [2.24, 2.45) is 7.05 Å². The normalized spacial score (nSPS) is 18.7. The van der Waals surface area contributed by atoms with Crippen molar-refractivity contribution in [1.29, 1.82) is 0 Å². The second-order valence-corrected chi connectivity index (χ2v) is 7.73. The van der Waals surface area contributed by atoms with Crippen molar-refractivity contribution in [3.05, 3.63) is 60.8 Å². The molecule has 1 aromatic carbocycles. The maximum absolute atomic E-state index is 12.5. The molecule has 0 aliphatic heterocycles. The number of benzene rings is 1. The molecule has 5 rings (SSSR count). The topological polar surface area (TPSA) is 97.3 Å². The molecule has 3 aromatic heterocycles. The lowest BCUT2D eigenvalue weighted by molar-refractivity contribution is 0.0873. The molecule has 8 nitrogen and oxygen atoms in total. The van der Waals surface area contributed by atoms with Gasteiger partial charge in [-0.25, -0.2) is 9.50 Å². The Kier molecular flexibility index (Phi) is 4.55. The Bertz CT molecular complexity index is 1210. The molecule has 2 atom stereocenters. The van der Waals surface area contributed by atoms with E-state index in [2.05, 4.69) is 20.5 Å². The minimum atomic E-state index is -0.449. The molecule has 1 aliphatic rings. The van der Waals surface area contributed by atoms with Gasteiger partial charge in [-0.1, -0.05) is 12.1 Å². The first kappa shape index (κ1) is 18.5. The fourth-order valence-electron chi connectivity index (χ4n) is 3.96. The molecular formula is C22H22N6O2. The molecule has 1 fully saturated rings. The molecule has 30 heavy (non-hydrogen) atoms. The number of nitrogens with zero attached hydrogens (tertiary/aromatic N) is 5. The Morgan fingerprint density at radius 1 is 1.03 bits per heavy atom. The van der Waals surface area contributed by atoms with Crippen LogP contribution in [-0.4, -0.2) is 47.5 Å². The van der Waals surface area contributed by atoms with Gasteiger partial charge in [-0.3, -0.25) is 9.48 Å². The van der Waals surface area contributed by atoms with E-state index in [1.54, 1.807) is 33.7 Å². The highest BCUT2D eigenvalue weighted by molar-refractivity contribution is 5.95. The highest BCUT2D eigenvalue weighted by Crippen LogP contribution is 2.26. The van der Waals surface area contributed by atoms with E-state index in [-0.39, 0.29) is 11.9 Å². The number of aliphatic hydroxyl groups is 1. The van der Waals surface area contributed by atoms with Crippen LogP contribution in [-0.2, 0) is 7.05 Å². The van der Waals surface area contributed by atoms with Crippen molar-refractivity contribution in [3.63, 3.8) is 0 Å². The average molecular weight is 402 g/mol. The van der Waals surface area contributed by atoms with Gasteiger partial charge in [0.1, 0.15) is 0 Å². The van der Waals surface area contributed by atoms with Gasteiger partial charge < -0.3 is 10.4 Å². The summed E-state index contributed by atoms with van der Waals surface area (Å²) in [6.07, 6.45) is 11.3. The monoisotopic (exact) mass is 402 g/mol. The lowest BCUT2D eigenvalue weighted by Crippen LogP contribution is -2.39. The standard InChI is InChI=1S/C22H22N6O2/c1-27-12-17(10-24-27)16-9-23-21-18(11-25-28(21)13-16)14-5-7-15(8-6-14)22(30)26-19-3-2-4-20(19)29/h5-13,19-20,29H,2-4H2,1H3,(H,26,30). The van der Waals surface area contributed by atoms with Gasteiger partial charge in [-0.2, -0.15) is 10.2 Å². The Hall–Kier alpha value is -3.52. The minimum absolute atomic E-state index is 0.157. The number of carbonyl (C=O) groups is 1. The van der Waals surface area contributed by atoms with E-state index in [0.29, 0.717) is 5.56 Å². The number of nitrogens with one attached hydrogen (secondary N) is 1. The number of rotatable bonds is 4. The molecule has 1 saturated carbocycles. The van der Waals surface area contributed by atoms with E-state index in [4.69, 9.17) is 0 Å². The molecule has 0 radical (unpaired) electrons. The first-order valence-corrected chi connectivity index (χ1v) is 10.0. The molecule has 0 bridgehead atoms. The van der Waals surface area contributed by atoms with Gasteiger partial charge in [-0.05, 0) is 37.0 Å². The van der Waals surface area contributed by atoms with Crippen LogP contribution in [0.4, 0.5) is 0 Å². The van der Waals surface area contributed by atoms with E-state index in [1.807, 2.05) is 37.8 Å². The summed E-state index contributed by atoms with van der Waals surface area (Å²) in [6, 6.07) is 7.22. The lowest BCUT2D eigenvalue weighted by Gasteiger charge is -2.16. The summed E-state index contributed by atoms with van der Waals surface area (Å²) in [7, 11) is 1.88. The predicted octanol–water partition coefficient (Wildman–Crippen LogP) is 2.44. The molecule has 8 heteroatoms. The van der Waals surface area contributed by atoms with Gasteiger partial charge in [0.15, 0.2) is 5.65 Å². The largest absolute Gasteiger partial charge is 0.391 e. The van der Waals surface area contributed by atoms with Gasteiger partial charge in [0, 0.05) is 47.9 Å². The van der Waals surface area contributed by atoms with Gasteiger partial charge in [-0.15, -0.1) is 0 Å². The van der Waals surface area contributed by atoms with Crippen LogP contribution in [0.15, 0.2) is 55.2 Å². The molecule has 0 saturated heterocycles. The number of amides is 1. The zero-order chi connectivity index (χ0) is 20.7. The van der Waals surface area contributed by atoms with Gasteiger partial charge in [0.05, 0.1) is 24.5 Å². The first-order chi connectivity index (χ1) is 14.6. The predicted molar refractivity (Wildman–Crippen MR) is 112 cm³/mol. The van der Waals surface area contributed by atoms with Crippen LogP contribution in [0.3, 0.4) is 0 Å². The SMILES string of the molecule is Cn1cc(-c2cnc3c(-c4ccc(C(=O)NC5CCCC5O)cc4)cnn3c2)cn1. The third kappa shape index (κ3) is 3.35. The average Bonchev–Trinajstić information content (AvgIpc) is 3.48. The molecule has 0 spiro atoms. The summed E-state index contributed by atoms with van der Waals surface area (Å²) in [4.78, 5) is 17.1. The molecule has 1 amide bonds. The second kappa shape index (κ2) is 7.38. The van der Waals surface area contributed by atoms with Gasteiger partial charge in [0.25, 0.3) is 5.91 Å². The van der Waals surface area contributed by atoms with Crippen LogP contribution < -0.4 is 5.32 Å². The van der Waals surface area contributed by atoms with Crippen molar-refractivity contribution < 1.29 is 9.90 Å². The quantitative estimate of drug-likeness (QED) is 0.546. The van der Waals surface area contributed by atoms with Crippen LogP contribution in [0.1, 0.15) is 29.6 Å². The number of fused-ring (bicyclic) bond motifs is 1. The van der Waals surface area contributed by atoms with Crippen LogP contribution in [0.2, 0.25) is 0 Å². The summed E-state index contributed by atoms with van der Waals surface area (Å²) in [5.41, 5.74) is 5.06. The molecule has 2 N–H and O–H groups in total. The Balaban J connectivity index is 1.38. The molecular weight excluding hydrogens is 380 g/mol. The zero-order valence-electron chi connectivity index (χ0n) is 16.6. The minimum Gasteiger partial charge on any atom is -0.391 e. The maximum atomic E-state index is 12.5. The molecule has 152 valence electrons. The number of aryl methyl sites for hydroxylation is 1. The van der Waals surface area contributed by atoms with E-state index < -0.39 is 6.10 Å². The Morgan fingerprint density at radius 2 is 1.83 bits per heavy atom. The third-order valence-corrected chi connectivity index (χ3v) is 5.65. The summed E-state index contributed by atoms with van der Waals surface area (Å²) in [5, 5.41) is 21.5. The summed E-state index contributed by atoms with van der Waals surface area (Å²) in [5.74, 6) is -0.161. The second-order valence-electron chi connectivity index (χ2n) is 7.73. The number of carbonyl (C=O) groups excluding carboxylic acids is 1. The highest BCUT2D eigenvalue weighted by atomic mass is 16.3. The van der Waals surface area contributed by atoms with Crippen molar-refractivity contribution in [1.82, 2.24) is 29.7 Å².